The van der Waals surface area contributed by atoms with Gasteiger partial charge < -0.3 is 14.7 Å². The fourth-order valence-electron chi connectivity index (χ4n) is 3.49. The summed E-state index contributed by atoms with van der Waals surface area (Å²) >= 11 is 0. The topological polar surface area (TPSA) is 88.3 Å². The Morgan fingerprint density at radius 1 is 1.24 bits per heavy atom. The van der Waals surface area contributed by atoms with E-state index in [9.17, 15) is 18.4 Å². The van der Waals surface area contributed by atoms with E-state index in [0.29, 0.717) is 17.6 Å². The predicted octanol–water partition coefficient (Wildman–Crippen LogP) is 3.09. The Hall–Kier alpha value is -2.84. The van der Waals surface area contributed by atoms with Crippen molar-refractivity contribution < 1.29 is 22.9 Å². The van der Waals surface area contributed by atoms with E-state index >= 15 is 0 Å². The van der Waals surface area contributed by atoms with E-state index in [1.54, 1.807) is 0 Å². The molecular formula is C20H22F2N4O3. The number of benzene rings is 1. The summed E-state index contributed by atoms with van der Waals surface area (Å²) in [7, 11) is 0. The average molecular weight is 404 g/mol. The van der Waals surface area contributed by atoms with Crippen LogP contribution in [0.2, 0.25) is 0 Å². The largest absolute Gasteiger partial charge is 0.344 e. The molecule has 1 aromatic carbocycles. The van der Waals surface area contributed by atoms with Crippen LogP contribution in [0.15, 0.2) is 22.7 Å². The van der Waals surface area contributed by atoms with E-state index in [4.69, 9.17) is 4.52 Å². The van der Waals surface area contributed by atoms with Crippen molar-refractivity contribution in [3.05, 3.63) is 41.5 Å². The first kappa shape index (κ1) is 19.5. The minimum absolute atomic E-state index is 0.00280. The smallest absolute Gasteiger partial charge is 0.249 e. The Bertz CT molecular complexity index is 921. The second-order valence-corrected chi connectivity index (χ2v) is 8.03. The summed E-state index contributed by atoms with van der Waals surface area (Å²) in [6, 6.07) is 2.42. The van der Waals surface area contributed by atoms with Crippen molar-refractivity contribution in [2.45, 2.75) is 45.1 Å². The van der Waals surface area contributed by atoms with Crippen LogP contribution in [-0.4, -0.2) is 28.5 Å². The fraction of sp³-hybridized carbons (Fsp3) is 0.500. The van der Waals surface area contributed by atoms with Gasteiger partial charge in [-0.2, -0.15) is 4.98 Å². The van der Waals surface area contributed by atoms with Crippen molar-refractivity contribution >= 4 is 17.5 Å². The summed E-state index contributed by atoms with van der Waals surface area (Å²) < 4.78 is 32.3. The quantitative estimate of drug-likeness (QED) is 0.799. The Labute approximate surface area is 166 Å². The van der Waals surface area contributed by atoms with E-state index in [1.165, 1.54) is 4.90 Å². The molecule has 2 amide bonds. The Morgan fingerprint density at radius 2 is 1.93 bits per heavy atom. The molecular weight excluding hydrogens is 382 g/mol. The van der Waals surface area contributed by atoms with E-state index < -0.39 is 23.6 Å². The van der Waals surface area contributed by atoms with Crippen molar-refractivity contribution in [2.24, 2.45) is 11.8 Å². The number of anilines is 1. The lowest BCUT2D eigenvalue weighted by molar-refractivity contribution is -0.127. The summed E-state index contributed by atoms with van der Waals surface area (Å²) in [5.74, 6) is -1.53. The van der Waals surface area contributed by atoms with Crippen molar-refractivity contribution in [1.29, 1.82) is 0 Å². The molecule has 1 saturated heterocycles. The van der Waals surface area contributed by atoms with Gasteiger partial charge >= 0.3 is 0 Å². The molecule has 154 valence electrons. The van der Waals surface area contributed by atoms with Gasteiger partial charge in [-0.1, -0.05) is 19.0 Å². The summed E-state index contributed by atoms with van der Waals surface area (Å²) in [4.78, 5) is 30.8. The molecule has 0 spiro atoms. The molecule has 0 radical (unpaired) electrons. The van der Waals surface area contributed by atoms with Crippen LogP contribution in [0, 0.1) is 23.5 Å². The zero-order chi connectivity index (χ0) is 20.7. The first-order valence-electron chi connectivity index (χ1n) is 9.72. The number of halogens is 2. The number of aromatic nitrogens is 2. The van der Waals surface area contributed by atoms with Crippen molar-refractivity contribution in [3.63, 3.8) is 0 Å². The van der Waals surface area contributed by atoms with Crippen LogP contribution in [0.4, 0.5) is 14.5 Å². The molecule has 2 fully saturated rings. The lowest BCUT2D eigenvalue weighted by Crippen LogP contribution is -2.37. The van der Waals surface area contributed by atoms with Gasteiger partial charge in [0.05, 0.1) is 5.92 Å². The van der Waals surface area contributed by atoms with E-state index in [2.05, 4.69) is 15.5 Å². The van der Waals surface area contributed by atoms with Crippen LogP contribution in [0.1, 0.15) is 56.8 Å². The molecule has 7 nitrogen and oxygen atoms in total. The molecule has 1 aromatic heterocycles. The average Bonchev–Trinajstić information content (AvgIpc) is 3.25. The number of rotatable bonds is 6. The molecule has 29 heavy (non-hydrogen) atoms. The Morgan fingerprint density at radius 3 is 2.55 bits per heavy atom. The van der Waals surface area contributed by atoms with Crippen molar-refractivity contribution in [3.8, 4) is 0 Å². The van der Waals surface area contributed by atoms with Gasteiger partial charge in [0.2, 0.25) is 17.7 Å². The lowest BCUT2D eigenvalue weighted by atomic mass is 10.0. The lowest BCUT2D eigenvalue weighted by Gasteiger charge is -2.21. The molecule has 1 saturated carbocycles. The van der Waals surface area contributed by atoms with Gasteiger partial charge in [0.15, 0.2) is 5.82 Å². The van der Waals surface area contributed by atoms with Gasteiger partial charge in [0, 0.05) is 30.6 Å². The van der Waals surface area contributed by atoms with Gasteiger partial charge in [-0.05, 0) is 30.9 Å². The maximum Gasteiger partial charge on any atom is 0.249 e. The van der Waals surface area contributed by atoms with Crippen LogP contribution < -0.4 is 10.2 Å². The third-order valence-corrected chi connectivity index (χ3v) is 5.29. The maximum atomic E-state index is 13.5. The van der Waals surface area contributed by atoms with Crippen LogP contribution in [0.5, 0.6) is 0 Å². The van der Waals surface area contributed by atoms with Gasteiger partial charge in [-0.25, -0.2) is 8.78 Å². The minimum Gasteiger partial charge on any atom is -0.344 e. The standard InChI is InChI=1S/C20H22F2N4O3/c1-10(2)17(20-24-18(25-29-20)11-3-4-11)23-19(28)12-5-16(27)26(9-12)15-7-13(21)6-14(22)8-15/h6-8,10-12,17H,3-5,9H2,1-2H3,(H,23,28). The third kappa shape index (κ3) is 4.13. The second kappa shape index (κ2) is 7.53. The summed E-state index contributed by atoms with van der Waals surface area (Å²) in [6.45, 7) is 3.90. The van der Waals surface area contributed by atoms with Gasteiger partial charge in [-0.3, -0.25) is 9.59 Å². The van der Waals surface area contributed by atoms with Crippen molar-refractivity contribution in [2.75, 3.05) is 11.4 Å². The number of amides is 2. The molecule has 2 atom stereocenters. The molecule has 2 aliphatic rings. The number of carbonyl (C=O) groups excluding carboxylic acids is 2. The zero-order valence-electron chi connectivity index (χ0n) is 16.2. The first-order chi connectivity index (χ1) is 13.8. The van der Waals surface area contributed by atoms with Gasteiger partial charge in [-0.15, -0.1) is 0 Å². The van der Waals surface area contributed by atoms with E-state index in [1.807, 2.05) is 13.8 Å². The molecule has 4 rings (SSSR count). The molecule has 1 aliphatic heterocycles. The Balaban J connectivity index is 1.46. The maximum absolute atomic E-state index is 13.5. The highest BCUT2D eigenvalue weighted by molar-refractivity contribution is 6.00. The number of nitrogens with zero attached hydrogens (tertiary/aromatic N) is 3. The SMILES string of the molecule is CC(C)C(NC(=O)C1CC(=O)N(c2cc(F)cc(F)c2)C1)c1nc(C2CC2)no1. The van der Waals surface area contributed by atoms with Crippen LogP contribution in [0.3, 0.4) is 0 Å². The number of carbonyl (C=O) groups is 2. The number of hydrogen-bond donors (Lipinski definition) is 1. The first-order valence-corrected chi connectivity index (χ1v) is 9.72. The van der Waals surface area contributed by atoms with Crippen LogP contribution in [-0.2, 0) is 9.59 Å². The van der Waals surface area contributed by atoms with E-state index in [0.717, 1.165) is 31.0 Å². The number of hydrogen-bond acceptors (Lipinski definition) is 5. The zero-order valence-corrected chi connectivity index (χ0v) is 16.2. The third-order valence-electron chi connectivity index (χ3n) is 5.29. The summed E-state index contributed by atoms with van der Waals surface area (Å²) in [6.07, 6.45) is 2.04. The van der Waals surface area contributed by atoms with Crippen LogP contribution >= 0.6 is 0 Å². The number of nitrogens with one attached hydrogen (secondary N) is 1. The highest BCUT2D eigenvalue weighted by atomic mass is 19.1. The molecule has 1 N–H and O–H groups in total. The summed E-state index contributed by atoms with van der Waals surface area (Å²) in [5, 5.41) is 6.90. The summed E-state index contributed by atoms with van der Waals surface area (Å²) in [5.41, 5.74) is 0.106. The molecule has 9 heteroatoms. The normalized spacial score (nSPS) is 20.4. The highest BCUT2D eigenvalue weighted by Crippen LogP contribution is 2.38. The van der Waals surface area contributed by atoms with Gasteiger partial charge in [0.25, 0.3) is 0 Å². The van der Waals surface area contributed by atoms with Crippen LogP contribution in [0.25, 0.3) is 0 Å². The molecule has 0 bridgehead atoms. The van der Waals surface area contributed by atoms with Crippen molar-refractivity contribution in [1.82, 2.24) is 15.5 Å². The Kier molecular flexibility index (Phi) is 5.06. The van der Waals surface area contributed by atoms with E-state index in [-0.39, 0.29) is 36.4 Å². The molecule has 2 aromatic rings. The molecule has 2 unspecified atom stereocenters. The highest BCUT2D eigenvalue weighted by Gasteiger charge is 2.38. The monoisotopic (exact) mass is 404 g/mol. The second-order valence-electron chi connectivity index (χ2n) is 8.03. The predicted molar refractivity (Wildman–Crippen MR) is 98.8 cm³/mol. The van der Waals surface area contributed by atoms with Gasteiger partial charge in [0.1, 0.15) is 17.7 Å². The molecule has 2 heterocycles. The fourth-order valence-corrected chi connectivity index (χ4v) is 3.49. The minimum atomic E-state index is -0.775. The molecule has 1 aliphatic carbocycles.